The summed E-state index contributed by atoms with van der Waals surface area (Å²) >= 11 is 0. The zero-order chi connectivity index (χ0) is 26.9. The fourth-order valence-electron chi connectivity index (χ4n) is 4.92. The van der Waals surface area contributed by atoms with E-state index in [2.05, 4.69) is 22.6 Å². The number of benzene rings is 2. The third-order valence-electron chi connectivity index (χ3n) is 6.77. The van der Waals surface area contributed by atoms with Crippen molar-refractivity contribution in [2.24, 2.45) is 5.92 Å². The molecule has 1 aromatic heterocycles. The monoisotopic (exact) mass is 525 g/mol. The Hall–Kier alpha value is -3.30. The van der Waals surface area contributed by atoms with Gasteiger partial charge in [-0.2, -0.15) is 4.31 Å². The third kappa shape index (κ3) is 5.67. The molecule has 37 heavy (non-hydrogen) atoms. The van der Waals surface area contributed by atoms with Crippen molar-refractivity contribution in [1.82, 2.24) is 9.46 Å². The van der Waals surface area contributed by atoms with Gasteiger partial charge in [0.25, 0.3) is 0 Å². The third-order valence-corrected chi connectivity index (χ3v) is 8.80. The van der Waals surface area contributed by atoms with Crippen molar-refractivity contribution in [2.45, 2.75) is 52.4 Å². The summed E-state index contributed by atoms with van der Waals surface area (Å²) < 4.78 is 47.6. The van der Waals surface area contributed by atoms with E-state index in [4.69, 9.17) is 4.52 Å². The fourth-order valence-corrected chi connectivity index (χ4v) is 6.69. The number of piperidine rings is 1. The molecule has 0 radical (unpaired) electrons. The molecule has 1 fully saturated rings. The predicted molar refractivity (Wildman–Crippen MR) is 142 cm³/mol. The minimum absolute atomic E-state index is 0.0154. The summed E-state index contributed by atoms with van der Waals surface area (Å²) in [4.78, 5) is 13.0. The van der Waals surface area contributed by atoms with E-state index in [0.717, 1.165) is 22.3 Å². The van der Waals surface area contributed by atoms with Crippen LogP contribution in [0, 0.1) is 46.4 Å². The summed E-state index contributed by atoms with van der Waals surface area (Å²) in [5.74, 6) is -1.05. The molecule has 1 unspecified atom stereocenters. The average molecular weight is 526 g/mol. The first kappa shape index (κ1) is 26.8. The van der Waals surface area contributed by atoms with E-state index in [-0.39, 0.29) is 34.6 Å². The lowest BCUT2D eigenvalue weighted by Crippen LogP contribution is -2.44. The van der Waals surface area contributed by atoms with Gasteiger partial charge in [0.05, 0.1) is 5.92 Å². The lowest BCUT2D eigenvalue weighted by Gasteiger charge is -2.31. The fraction of sp³-hybridized carbons (Fsp3) is 0.357. The number of nitrogens with zero attached hydrogens (tertiary/aromatic N) is 2. The predicted octanol–water partition coefficient (Wildman–Crippen LogP) is 5.57. The van der Waals surface area contributed by atoms with E-state index in [1.807, 2.05) is 26.8 Å². The molecule has 0 aliphatic carbocycles. The van der Waals surface area contributed by atoms with Crippen molar-refractivity contribution in [2.75, 3.05) is 18.4 Å². The lowest BCUT2D eigenvalue weighted by molar-refractivity contribution is -0.120. The topological polar surface area (TPSA) is 92.5 Å². The molecule has 7 nitrogen and oxygen atoms in total. The molecule has 4 rings (SSSR count). The Kier molecular flexibility index (Phi) is 7.66. The summed E-state index contributed by atoms with van der Waals surface area (Å²) in [6.45, 7) is 9.70. The smallest absolute Gasteiger partial charge is 0.248 e. The number of nitrogens with one attached hydrogen (secondary N) is 1. The highest BCUT2D eigenvalue weighted by atomic mass is 32.2. The zero-order valence-electron chi connectivity index (χ0n) is 21.8. The van der Waals surface area contributed by atoms with Crippen molar-refractivity contribution >= 4 is 33.8 Å². The second kappa shape index (κ2) is 10.6. The van der Waals surface area contributed by atoms with Crippen LogP contribution in [0.1, 0.15) is 52.1 Å². The number of rotatable bonds is 6. The molecule has 196 valence electrons. The number of amides is 1. The number of anilines is 1. The largest absolute Gasteiger partial charge is 0.355 e. The van der Waals surface area contributed by atoms with Crippen LogP contribution in [-0.2, 0) is 14.8 Å². The number of hydrogen-bond donors (Lipinski definition) is 1. The van der Waals surface area contributed by atoms with E-state index in [0.29, 0.717) is 30.6 Å². The number of sulfonamides is 1. The van der Waals surface area contributed by atoms with Crippen LogP contribution in [0.3, 0.4) is 0 Å². The van der Waals surface area contributed by atoms with Crippen molar-refractivity contribution < 1.29 is 22.1 Å². The highest BCUT2D eigenvalue weighted by molar-refractivity contribution is 7.89. The van der Waals surface area contributed by atoms with Crippen LogP contribution >= 0.6 is 0 Å². The van der Waals surface area contributed by atoms with E-state index in [9.17, 15) is 17.6 Å². The Bertz CT molecular complexity index is 1450. The lowest BCUT2D eigenvalue weighted by atomic mass is 9.98. The summed E-state index contributed by atoms with van der Waals surface area (Å²) in [5, 5.41) is 6.75. The molecular weight excluding hydrogens is 493 g/mol. The summed E-state index contributed by atoms with van der Waals surface area (Å²) in [6.07, 6.45) is 4.58. The molecule has 1 N–H and O–H groups in total. The number of carbonyl (C=O) groups excluding carboxylic acids is 1. The molecule has 1 atom stereocenters. The molecule has 0 bridgehead atoms. The van der Waals surface area contributed by atoms with Crippen molar-refractivity contribution in [3.05, 3.63) is 75.4 Å². The van der Waals surface area contributed by atoms with Gasteiger partial charge in [-0.15, -0.1) is 0 Å². The molecule has 2 heterocycles. The van der Waals surface area contributed by atoms with Crippen molar-refractivity contribution in [3.63, 3.8) is 0 Å². The maximum atomic E-state index is 13.7. The van der Waals surface area contributed by atoms with Crippen LogP contribution < -0.4 is 5.32 Å². The number of hydrogen-bond acceptors (Lipinski definition) is 5. The van der Waals surface area contributed by atoms with Gasteiger partial charge in [-0.1, -0.05) is 28.9 Å². The van der Waals surface area contributed by atoms with Gasteiger partial charge in [0, 0.05) is 18.8 Å². The van der Waals surface area contributed by atoms with E-state index in [1.54, 1.807) is 19.9 Å². The SMILES string of the molecule is Cc1cc(C)c(C=Cc2onc(C)c2S(=O)(=O)N2CCCC(C(=O)Nc3ccc(F)cc3C)C2)c(C)c1. The standard InChI is InChI=1S/C28H32FN3O4S/c1-17-13-18(2)24(19(3)14-17)9-11-26-27(21(5)31-36-26)37(34,35)32-12-6-7-22(16-32)28(33)30-25-10-8-23(29)15-20(25)4/h8-11,13-15,22H,6-7,12,16H2,1-5H3,(H,30,33). The molecule has 0 spiro atoms. The second-order valence-electron chi connectivity index (χ2n) is 9.76. The van der Waals surface area contributed by atoms with Crippen LogP contribution in [0.2, 0.25) is 0 Å². The number of aryl methyl sites for hydroxylation is 5. The highest BCUT2D eigenvalue weighted by Gasteiger charge is 2.37. The molecule has 0 saturated carbocycles. The van der Waals surface area contributed by atoms with E-state index >= 15 is 0 Å². The molecular formula is C28H32FN3O4S. The first-order valence-corrected chi connectivity index (χ1v) is 13.7. The van der Waals surface area contributed by atoms with E-state index < -0.39 is 15.9 Å². The second-order valence-corrected chi connectivity index (χ2v) is 11.6. The van der Waals surface area contributed by atoms with E-state index in [1.165, 1.54) is 22.5 Å². The van der Waals surface area contributed by atoms with Crippen molar-refractivity contribution in [1.29, 1.82) is 0 Å². The van der Waals surface area contributed by atoms with Gasteiger partial charge >= 0.3 is 0 Å². The molecule has 1 aliphatic rings. The maximum Gasteiger partial charge on any atom is 0.248 e. The van der Waals surface area contributed by atoms with Crippen molar-refractivity contribution in [3.8, 4) is 0 Å². The van der Waals surface area contributed by atoms with Crippen LogP contribution in [0.5, 0.6) is 0 Å². The summed E-state index contributed by atoms with van der Waals surface area (Å²) in [6, 6.07) is 8.28. The Morgan fingerprint density at radius 2 is 1.78 bits per heavy atom. The van der Waals surface area contributed by atoms with Crippen LogP contribution in [0.25, 0.3) is 12.2 Å². The van der Waals surface area contributed by atoms with Gasteiger partial charge in [0.1, 0.15) is 11.5 Å². The normalized spacial score (nSPS) is 16.9. The molecule has 1 amide bonds. The van der Waals surface area contributed by atoms with Crippen LogP contribution in [0.4, 0.5) is 10.1 Å². The first-order valence-electron chi connectivity index (χ1n) is 12.3. The maximum absolute atomic E-state index is 13.7. The average Bonchev–Trinajstić information content (AvgIpc) is 3.21. The van der Waals surface area contributed by atoms with Gasteiger partial charge in [-0.25, -0.2) is 12.8 Å². The van der Waals surface area contributed by atoms with Crippen LogP contribution in [-0.4, -0.2) is 36.9 Å². The molecule has 3 aromatic rings. The highest BCUT2D eigenvalue weighted by Crippen LogP contribution is 2.30. The minimum atomic E-state index is -3.97. The molecule has 9 heteroatoms. The number of halogens is 1. The van der Waals surface area contributed by atoms with Gasteiger partial charge < -0.3 is 9.84 Å². The number of aromatic nitrogens is 1. The Morgan fingerprint density at radius 1 is 1.08 bits per heavy atom. The van der Waals surface area contributed by atoms with Gasteiger partial charge in [0.2, 0.25) is 15.9 Å². The van der Waals surface area contributed by atoms with Gasteiger partial charge in [0.15, 0.2) is 10.7 Å². The number of carbonyl (C=O) groups is 1. The quantitative estimate of drug-likeness (QED) is 0.455. The van der Waals surface area contributed by atoms with Gasteiger partial charge in [-0.3, -0.25) is 4.79 Å². The molecule has 2 aromatic carbocycles. The summed E-state index contributed by atoms with van der Waals surface area (Å²) in [5.41, 5.74) is 5.69. The Balaban J connectivity index is 1.56. The van der Waals surface area contributed by atoms with Crippen LogP contribution in [0.15, 0.2) is 39.8 Å². The summed E-state index contributed by atoms with van der Waals surface area (Å²) in [7, 11) is -3.97. The zero-order valence-corrected chi connectivity index (χ0v) is 22.6. The molecule has 1 aliphatic heterocycles. The molecule has 1 saturated heterocycles. The Morgan fingerprint density at radius 3 is 2.46 bits per heavy atom. The van der Waals surface area contributed by atoms with Gasteiger partial charge in [-0.05, 0) is 94.0 Å². The first-order chi connectivity index (χ1) is 17.5. The Labute approximate surface area is 217 Å². The minimum Gasteiger partial charge on any atom is -0.355 e.